The lowest BCUT2D eigenvalue weighted by molar-refractivity contribution is 0.343. The predicted octanol–water partition coefficient (Wildman–Crippen LogP) is 5.69. The Morgan fingerprint density at radius 2 is 1.87 bits per heavy atom. The third-order valence-corrected chi connectivity index (χ3v) is 5.83. The number of nitrogens with two attached hydrogens (primary N) is 1. The van der Waals surface area contributed by atoms with Crippen molar-refractivity contribution in [3.05, 3.63) is 53.2 Å². The number of ether oxygens (including phenoxy) is 2. The van der Waals surface area contributed by atoms with Gasteiger partial charge in [0.05, 0.1) is 19.4 Å². The minimum absolute atomic E-state index is 0.611. The molecule has 2 aromatic carbocycles. The molecule has 0 saturated carbocycles. The van der Waals surface area contributed by atoms with Crippen molar-refractivity contribution in [2.45, 2.75) is 40.0 Å². The molecule has 0 spiro atoms. The Bertz CT molecular complexity index is 1230. The van der Waals surface area contributed by atoms with Gasteiger partial charge in [0, 0.05) is 27.5 Å². The molecule has 2 aromatic heterocycles. The van der Waals surface area contributed by atoms with Crippen molar-refractivity contribution in [1.82, 2.24) is 9.97 Å². The molecule has 0 bridgehead atoms. The van der Waals surface area contributed by atoms with Gasteiger partial charge < -0.3 is 20.2 Å². The number of fused-ring (bicyclic) bond motifs is 2. The quantitative estimate of drug-likeness (QED) is 0.361. The van der Waals surface area contributed by atoms with Crippen LogP contribution in [0.25, 0.3) is 33.1 Å². The molecule has 162 valence electrons. The van der Waals surface area contributed by atoms with Gasteiger partial charge in [-0.3, -0.25) is 0 Å². The van der Waals surface area contributed by atoms with Gasteiger partial charge in [0.1, 0.15) is 17.0 Å². The average molecular weight is 418 g/mol. The fourth-order valence-electron chi connectivity index (χ4n) is 4.33. The van der Waals surface area contributed by atoms with Crippen LogP contribution >= 0.6 is 0 Å². The van der Waals surface area contributed by atoms with Crippen LogP contribution in [0.2, 0.25) is 0 Å². The van der Waals surface area contributed by atoms with Crippen molar-refractivity contribution in [3.8, 4) is 22.8 Å². The molecule has 0 aliphatic carbocycles. The van der Waals surface area contributed by atoms with Crippen LogP contribution in [0.15, 0.2) is 36.4 Å². The summed E-state index contributed by atoms with van der Waals surface area (Å²) < 4.78 is 11.4. The van der Waals surface area contributed by atoms with Gasteiger partial charge in [-0.15, -0.1) is 0 Å². The first kappa shape index (κ1) is 21.2. The number of benzene rings is 2. The molecule has 5 nitrogen and oxygen atoms in total. The lowest BCUT2D eigenvalue weighted by Gasteiger charge is -2.13. The zero-order chi connectivity index (χ0) is 22.0. The SMILES string of the molecule is CCOc1ccc(-c2[nH]c3c(C)cc(OC)cc3c2CCCCN)c2ccc(C)nc12. The van der Waals surface area contributed by atoms with Gasteiger partial charge in [0.15, 0.2) is 0 Å². The first-order valence-electron chi connectivity index (χ1n) is 11.0. The van der Waals surface area contributed by atoms with E-state index in [0.29, 0.717) is 13.2 Å². The van der Waals surface area contributed by atoms with E-state index in [1.165, 1.54) is 16.5 Å². The summed E-state index contributed by atoms with van der Waals surface area (Å²) in [5.41, 5.74) is 13.6. The number of unbranched alkanes of at least 4 members (excludes halogenated alkanes) is 1. The molecule has 0 radical (unpaired) electrons. The van der Waals surface area contributed by atoms with Crippen molar-refractivity contribution < 1.29 is 9.47 Å². The van der Waals surface area contributed by atoms with E-state index in [4.69, 9.17) is 20.2 Å². The molecule has 3 N–H and O–H groups in total. The molecular weight excluding hydrogens is 386 g/mol. The van der Waals surface area contributed by atoms with Crippen molar-refractivity contribution >= 4 is 21.8 Å². The van der Waals surface area contributed by atoms with Crippen molar-refractivity contribution in [1.29, 1.82) is 0 Å². The zero-order valence-electron chi connectivity index (χ0n) is 18.8. The molecule has 0 aliphatic heterocycles. The van der Waals surface area contributed by atoms with Crippen molar-refractivity contribution in [2.75, 3.05) is 20.3 Å². The summed E-state index contributed by atoms with van der Waals surface area (Å²) in [7, 11) is 1.72. The van der Waals surface area contributed by atoms with Crippen LogP contribution < -0.4 is 15.2 Å². The topological polar surface area (TPSA) is 73.2 Å². The van der Waals surface area contributed by atoms with E-state index in [-0.39, 0.29) is 0 Å². The van der Waals surface area contributed by atoms with Gasteiger partial charge in [-0.1, -0.05) is 6.07 Å². The minimum atomic E-state index is 0.611. The van der Waals surface area contributed by atoms with Crippen LogP contribution in [0.5, 0.6) is 11.5 Å². The Morgan fingerprint density at radius 1 is 1.03 bits per heavy atom. The molecule has 5 heteroatoms. The molecule has 4 aromatic rings. The third kappa shape index (κ3) is 3.98. The highest BCUT2D eigenvalue weighted by Crippen LogP contribution is 2.40. The second kappa shape index (κ2) is 8.98. The molecule has 0 unspecified atom stereocenters. The van der Waals surface area contributed by atoms with E-state index in [1.807, 2.05) is 19.9 Å². The van der Waals surface area contributed by atoms with Crippen LogP contribution in [0.4, 0.5) is 0 Å². The minimum Gasteiger partial charge on any atom is -0.497 e. The first-order chi connectivity index (χ1) is 15.1. The maximum atomic E-state index is 5.88. The second-order valence-corrected chi connectivity index (χ2v) is 7.98. The number of rotatable bonds is 8. The summed E-state index contributed by atoms with van der Waals surface area (Å²) in [5.74, 6) is 1.70. The van der Waals surface area contributed by atoms with E-state index in [0.717, 1.165) is 64.1 Å². The van der Waals surface area contributed by atoms with Gasteiger partial charge in [-0.2, -0.15) is 0 Å². The molecule has 0 aliphatic rings. The van der Waals surface area contributed by atoms with E-state index < -0.39 is 0 Å². The standard InChI is InChI=1S/C26H31N3O2/c1-5-31-23-12-11-20(21-10-9-17(3)28-26(21)23)25-19(8-6-7-13-27)22-15-18(30-4)14-16(2)24(22)29-25/h9-12,14-15,29H,5-8,13,27H2,1-4H3. The van der Waals surface area contributed by atoms with Crippen LogP contribution in [0.1, 0.15) is 36.6 Å². The Kier molecular flexibility index (Phi) is 6.14. The second-order valence-electron chi connectivity index (χ2n) is 7.98. The number of nitrogens with zero attached hydrogens (tertiary/aromatic N) is 1. The summed E-state index contributed by atoms with van der Waals surface area (Å²) in [6.45, 7) is 7.45. The summed E-state index contributed by atoms with van der Waals surface area (Å²) in [6.07, 6.45) is 2.99. The van der Waals surface area contributed by atoms with Gasteiger partial charge in [0.2, 0.25) is 0 Å². The molecule has 4 rings (SSSR count). The van der Waals surface area contributed by atoms with Gasteiger partial charge in [-0.25, -0.2) is 4.98 Å². The molecular formula is C26H31N3O2. The number of aryl methyl sites for hydroxylation is 3. The monoisotopic (exact) mass is 417 g/mol. The number of nitrogens with one attached hydrogen (secondary N) is 1. The van der Waals surface area contributed by atoms with Crippen LogP contribution in [0.3, 0.4) is 0 Å². The number of aromatic amines is 1. The van der Waals surface area contributed by atoms with Gasteiger partial charge in [-0.05, 0) is 88.0 Å². The number of hydrogen-bond donors (Lipinski definition) is 2. The Hall–Kier alpha value is -3.05. The summed E-state index contributed by atoms with van der Waals surface area (Å²) in [5, 5.41) is 2.30. The maximum absolute atomic E-state index is 5.88. The molecule has 2 heterocycles. The largest absolute Gasteiger partial charge is 0.497 e. The summed E-state index contributed by atoms with van der Waals surface area (Å²) in [4.78, 5) is 8.54. The van der Waals surface area contributed by atoms with Crippen LogP contribution in [-0.4, -0.2) is 30.2 Å². The highest BCUT2D eigenvalue weighted by atomic mass is 16.5. The third-order valence-electron chi connectivity index (χ3n) is 5.83. The molecule has 31 heavy (non-hydrogen) atoms. The van der Waals surface area contributed by atoms with Crippen LogP contribution in [-0.2, 0) is 6.42 Å². The first-order valence-corrected chi connectivity index (χ1v) is 11.0. The predicted molar refractivity (Wildman–Crippen MR) is 128 cm³/mol. The van der Waals surface area contributed by atoms with E-state index in [9.17, 15) is 0 Å². The fourth-order valence-corrected chi connectivity index (χ4v) is 4.33. The normalized spacial score (nSPS) is 11.4. The smallest absolute Gasteiger partial charge is 0.145 e. The summed E-state index contributed by atoms with van der Waals surface area (Å²) >= 11 is 0. The number of hydrogen-bond acceptors (Lipinski definition) is 4. The molecule has 0 saturated heterocycles. The number of pyridine rings is 1. The lowest BCUT2D eigenvalue weighted by Crippen LogP contribution is -2.00. The zero-order valence-corrected chi connectivity index (χ0v) is 18.8. The number of aromatic nitrogens is 2. The Labute approximate surface area is 183 Å². The Balaban J connectivity index is 1.99. The fraction of sp³-hybridized carbons (Fsp3) is 0.346. The highest BCUT2D eigenvalue weighted by molar-refractivity contribution is 6.02. The number of methoxy groups -OCH3 is 1. The number of H-pyrrole nitrogens is 1. The molecule has 0 fully saturated rings. The van der Waals surface area contributed by atoms with E-state index in [2.05, 4.69) is 42.2 Å². The van der Waals surface area contributed by atoms with Gasteiger partial charge in [0.25, 0.3) is 0 Å². The molecule has 0 amide bonds. The highest BCUT2D eigenvalue weighted by Gasteiger charge is 2.19. The van der Waals surface area contributed by atoms with E-state index in [1.54, 1.807) is 7.11 Å². The maximum Gasteiger partial charge on any atom is 0.145 e. The van der Waals surface area contributed by atoms with Crippen LogP contribution in [0, 0.1) is 13.8 Å². The lowest BCUT2D eigenvalue weighted by atomic mass is 9.97. The van der Waals surface area contributed by atoms with E-state index >= 15 is 0 Å². The average Bonchev–Trinajstić information content (AvgIpc) is 3.13. The van der Waals surface area contributed by atoms with Crippen molar-refractivity contribution in [3.63, 3.8) is 0 Å². The van der Waals surface area contributed by atoms with Gasteiger partial charge >= 0.3 is 0 Å². The summed E-state index contributed by atoms with van der Waals surface area (Å²) in [6, 6.07) is 12.6. The Morgan fingerprint density at radius 3 is 2.61 bits per heavy atom. The van der Waals surface area contributed by atoms with Crippen molar-refractivity contribution in [2.24, 2.45) is 5.73 Å². The molecule has 0 atom stereocenters.